The fraction of sp³-hybridized carbons (Fsp3) is 0.625. The first-order valence-corrected chi connectivity index (χ1v) is 7.61. The van der Waals surface area contributed by atoms with Gasteiger partial charge in [-0.05, 0) is 52.2 Å². The standard InChI is InChI=1S/C16H25BFNO2/c1-6-9-19-11-12-7-8-13(10-14(12)18)17-20-15(2,3)16(4,5)21-17/h7-8,10,19H,6,9,11H2,1-5H3. The van der Waals surface area contributed by atoms with Gasteiger partial charge < -0.3 is 14.6 Å². The Morgan fingerprint density at radius 1 is 1.14 bits per heavy atom. The third-order valence-corrected chi connectivity index (χ3v) is 4.34. The molecule has 0 spiro atoms. The van der Waals surface area contributed by atoms with Crippen LogP contribution in [0.1, 0.15) is 46.6 Å². The molecular weight excluding hydrogens is 268 g/mol. The summed E-state index contributed by atoms with van der Waals surface area (Å²) in [4.78, 5) is 0. The number of benzene rings is 1. The Morgan fingerprint density at radius 2 is 1.76 bits per heavy atom. The first kappa shape index (κ1) is 16.5. The van der Waals surface area contributed by atoms with Crippen LogP contribution >= 0.6 is 0 Å². The van der Waals surface area contributed by atoms with Crippen LogP contribution in [0.25, 0.3) is 0 Å². The molecule has 116 valence electrons. The number of hydrogen-bond acceptors (Lipinski definition) is 3. The number of hydrogen-bond donors (Lipinski definition) is 1. The van der Waals surface area contributed by atoms with Crippen molar-refractivity contribution in [2.45, 2.75) is 58.8 Å². The maximum absolute atomic E-state index is 14.2. The highest BCUT2D eigenvalue weighted by molar-refractivity contribution is 6.62. The van der Waals surface area contributed by atoms with Crippen LogP contribution in [0.4, 0.5) is 4.39 Å². The Balaban J connectivity index is 2.11. The van der Waals surface area contributed by atoms with Crippen LogP contribution < -0.4 is 10.8 Å². The Kier molecular flexibility index (Phi) is 4.76. The molecule has 21 heavy (non-hydrogen) atoms. The summed E-state index contributed by atoms with van der Waals surface area (Å²) in [5.41, 5.74) is 0.583. The lowest BCUT2D eigenvalue weighted by molar-refractivity contribution is 0.00578. The molecule has 2 rings (SSSR count). The van der Waals surface area contributed by atoms with Crippen molar-refractivity contribution in [3.63, 3.8) is 0 Å². The van der Waals surface area contributed by atoms with Gasteiger partial charge in [-0.1, -0.05) is 19.1 Å². The van der Waals surface area contributed by atoms with Gasteiger partial charge >= 0.3 is 7.12 Å². The lowest BCUT2D eigenvalue weighted by Gasteiger charge is -2.32. The van der Waals surface area contributed by atoms with Gasteiger partial charge in [-0.3, -0.25) is 0 Å². The largest absolute Gasteiger partial charge is 0.494 e. The van der Waals surface area contributed by atoms with E-state index in [4.69, 9.17) is 9.31 Å². The topological polar surface area (TPSA) is 30.5 Å². The van der Waals surface area contributed by atoms with Crippen LogP contribution in [-0.4, -0.2) is 24.9 Å². The Bertz CT molecular complexity index is 489. The second kappa shape index (κ2) is 6.07. The maximum Gasteiger partial charge on any atom is 0.494 e. The van der Waals surface area contributed by atoms with Crippen LogP contribution in [-0.2, 0) is 15.9 Å². The Morgan fingerprint density at radius 3 is 2.29 bits per heavy atom. The molecule has 0 atom stereocenters. The molecule has 0 saturated carbocycles. The predicted octanol–water partition coefficient (Wildman–Crippen LogP) is 2.62. The highest BCUT2D eigenvalue weighted by Crippen LogP contribution is 2.36. The molecule has 3 nitrogen and oxygen atoms in total. The molecule has 1 N–H and O–H groups in total. The van der Waals surface area contributed by atoms with Crippen molar-refractivity contribution >= 4 is 12.6 Å². The van der Waals surface area contributed by atoms with Crippen molar-refractivity contribution in [1.29, 1.82) is 0 Å². The molecule has 0 radical (unpaired) electrons. The van der Waals surface area contributed by atoms with E-state index in [0.29, 0.717) is 12.1 Å². The van der Waals surface area contributed by atoms with Crippen molar-refractivity contribution in [1.82, 2.24) is 5.32 Å². The molecule has 0 aliphatic carbocycles. The second-order valence-corrected chi connectivity index (χ2v) is 6.62. The smallest absolute Gasteiger partial charge is 0.399 e. The first-order valence-electron chi connectivity index (χ1n) is 7.61. The molecule has 1 heterocycles. The van der Waals surface area contributed by atoms with Gasteiger partial charge in [0.15, 0.2) is 0 Å². The molecule has 1 aromatic carbocycles. The Labute approximate surface area is 127 Å². The Hall–Kier alpha value is -0.905. The van der Waals surface area contributed by atoms with Crippen molar-refractivity contribution in [2.75, 3.05) is 6.54 Å². The summed E-state index contributed by atoms with van der Waals surface area (Å²) in [5.74, 6) is -0.217. The van der Waals surface area contributed by atoms with E-state index in [2.05, 4.69) is 12.2 Å². The van der Waals surface area contributed by atoms with Gasteiger partial charge in [-0.2, -0.15) is 0 Å². The molecular formula is C16H25BFNO2. The third-order valence-electron chi connectivity index (χ3n) is 4.34. The van der Waals surface area contributed by atoms with E-state index in [0.717, 1.165) is 18.4 Å². The van der Waals surface area contributed by atoms with Crippen molar-refractivity contribution in [2.24, 2.45) is 0 Å². The van der Waals surface area contributed by atoms with Crippen LogP contribution in [0.3, 0.4) is 0 Å². The van der Waals surface area contributed by atoms with Crippen LogP contribution in [0.15, 0.2) is 18.2 Å². The monoisotopic (exact) mass is 293 g/mol. The molecule has 1 fully saturated rings. The van der Waals surface area contributed by atoms with E-state index in [9.17, 15) is 4.39 Å². The fourth-order valence-corrected chi connectivity index (χ4v) is 2.23. The van der Waals surface area contributed by atoms with Gasteiger partial charge in [0, 0.05) is 12.1 Å². The lowest BCUT2D eigenvalue weighted by atomic mass is 9.78. The summed E-state index contributed by atoms with van der Waals surface area (Å²) in [6.45, 7) is 11.5. The van der Waals surface area contributed by atoms with Gasteiger partial charge in [0.05, 0.1) is 11.2 Å². The minimum atomic E-state index is -0.512. The van der Waals surface area contributed by atoms with E-state index in [-0.39, 0.29) is 5.82 Å². The van der Waals surface area contributed by atoms with Gasteiger partial charge in [-0.25, -0.2) is 4.39 Å². The van der Waals surface area contributed by atoms with E-state index in [1.807, 2.05) is 33.8 Å². The number of rotatable bonds is 5. The molecule has 0 amide bonds. The molecule has 1 aliphatic rings. The number of halogens is 1. The molecule has 0 bridgehead atoms. The van der Waals surface area contributed by atoms with Crippen LogP contribution in [0.5, 0.6) is 0 Å². The molecule has 1 aromatic rings. The minimum absolute atomic E-state index is 0.217. The minimum Gasteiger partial charge on any atom is -0.399 e. The molecule has 0 aromatic heterocycles. The van der Waals surface area contributed by atoms with E-state index in [1.54, 1.807) is 6.07 Å². The summed E-state index contributed by atoms with van der Waals surface area (Å²) >= 11 is 0. The normalized spacial score (nSPS) is 20.0. The quantitative estimate of drug-likeness (QED) is 0.668. The summed E-state index contributed by atoms with van der Waals surface area (Å²) in [7, 11) is -0.512. The zero-order chi connectivity index (χ0) is 15.7. The molecule has 1 saturated heterocycles. The average molecular weight is 293 g/mol. The third kappa shape index (κ3) is 3.47. The first-order chi connectivity index (χ1) is 9.77. The highest BCUT2D eigenvalue weighted by Gasteiger charge is 2.51. The summed E-state index contributed by atoms with van der Waals surface area (Å²) in [6.07, 6.45) is 1.04. The second-order valence-electron chi connectivity index (χ2n) is 6.62. The van der Waals surface area contributed by atoms with E-state index < -0.39 is 18.3 Å². The maximum atomic E-state index is 14.2. The van der Waals surface area contributed by atoms with E-state index in [1.165, 1.54) is 6.07 Å². The summed E-state index contributed by atoms with van der Waals surface area (Å²) < 4.78 is 26.0. The van der Waals surface area contributed by atoms with Gasteiger partial charge in [-0.15, -0.1) is 0 Å². The summed E-state index contributed by atoms with van der Waals surface area (Å²) in [5, 5.41) is 3.20. The molecule has 5 heteroatoms. The van der Waals surface area contributed by atoms with Crippen LogP contribution in [0, 0.1) is 5.82 Å². The zero-order valence-corrected chi connectivity index (χ0v) is 13.6. The van der Waals surface area contributed by atoms with Gasteiger partial charge in [0.25, 0.3) is 0 Å². The zero-order valence-electron chi connectivity index (χ0n) is 13.6. The van der Waals surface area contributed by atoms with Crippen molar-refractivity contribution in [3.8, 4) is 0 Å². The van der Waals surface area contributed by atoms with Crippen LogP contribution in [0.2, 0.25) is 0 Å². The average Bonchev–Trinajstić information content (AvgIpc) is 2.60. The SMILES string of the molecule is CCCNCc1ccc(B2OC(C)(C)C(C)(C)O2)cc1F. The highest BCUT2D eigenvalue weighted by atomic mass is 19.1. The number of nitrogens with one attached hydrogen (secondary N) is 1. The fourth-order valence-electron chi connectivity index (χ4n) is 2.23. The molecule has 0 unspecified atom stereocenters. The molecule has 1 aliphatic heterocycles. The van der Waals surface area contributed by atoms with Gasteiger partial charge in [0.2, 0.25) is 0 Å². The lowest BCUT2D eigenvalue weighted by Crippen LogP contribution is -2.41. The predicted molar refractivity (Wildman–Crippen MR) is 84.1 cm³/mol. The van der Waals surface area contributed by atoms with Crippen molar-refractivity contribution in [3.05, 3.63) is 29.6 Å². The van der Waals surface area contributed by atoms with Gasteiger partial charge in [0.1, 0.15) is 5.82 Å². The summed E-state index contributed by atoms with van der Waals surface area (Å²) in [6, 6.07) is 5.21. The van der Waals surface area contributed by atoms with Crippen molar-refractivity contribution < 1.29 is 13.7 Å². The van der Waals surface area contributed by atoms with E-state index >= 15 is 0 Å².